The highest BCUT2D eigenvalue weighted by Gasteiger charge is 2.34. The van der Waals surface area contributed by atoms with Gasteiger partial charge in [0.15, 0.2) is 0 Å². The molecule has 1 fully saturated rings. The van der Waals surface area contributed by atoms with Crippen molar-refractivity contribution in [1.82, 2.24) is 9.97 Å². The summed E-state index contributed by atoms with van der Waals surface area (Å²) < 4.78 is 16.2. The topological polar surface area (TPSA) is 99.8 Å². The van der Waals surface area contributed by atoms with Crippen LogP contribution in [-0.2, 0) is 20.7 Å². The van der Waals surface area contributed by atoms with Crippen LogP contribution < -0.4 is 15.4 Å². The van der Waals surface area contributed by atoms with E-state index in [2.05, 4.69) is 9.97 Å². The van der Waals surface area contributed by atoms with Crippen molar-refractivity contribution in [2.24, 2.45) is 5.92 Å². The molecule has 0 bridgehead atoms. The highest BCUT2D eigenvalue weighted by atomic mass is 16.5. The van der Waals surface area contributed by atoms with Gasteiger partial charge in [-0.25, -0.2) is 0 Å². The lowest BCUT2D eigenvalue weighted by molar-refractivity contribution is -0.117. The lowest BCUT2D eigenvalue weighted by atomic mass is 10.0. The van der Waals surface area contributed by atoms with E-state index in [9.17, 15) is 4.79 Å². The number of aromatic nitrogens is 2. The lowest BCUT2D eigenvalue weighted by Gasteiger charge is -2.27. The Kier molecular flexibility index (Phi) is 5.15. The molecule has 2 atom stereocenters. The van der Waals surface area contributed by atoms with Gasteiger partial charge in [0, 0.05) is 31.7 Å². The molecule has 2 aliphatic rings. The van der Waals surface area contributed by atoms with E-state index in [1.165, 1.54) is 0 Å². The van der Waals surface area contributed by atoms with Crippen LogP contribution in [0.25, 0.3) is 0 Å². The Bertz CT molecular complexity index is 604. The zero-order valence-electron chi connectivity index (χ0n) is 14.2. The number of nitrogen functional groups attached to an aromatic ring is 1. The largest absolute Gasteiger partial charge is 0.458 e. The summed E-state index contributed by atoms with van der Waals surface area (Å²) in [6.45, 7) is 4.34. The molecule has 0 aromatic carbocycles. The summed E-state index contributed by atoms with van der Waals surface area (Å²) in [5, 5.41) is 0. The number of rotatable bonds is 6. The van der Waals surface area contributed by atoms with Crippen LogP contribution in [0.15, 0.2) is 0 Å². The van der Waals surface area contributed by atoms with E-state index in [0.717, 1.165) is 19.4 Å². The van der Waals surface area contributed by atoms with Crippen molar-refractivity contribution in [3.8, 4) is 6.01 Å². The van der Waals surface area contributed by atoms with Gasteiger partial charge in [-0.1, -0.05) is 0 Å². The smallest absolute Gasteiger partial charge is 0.320 e. The minimum Gasteiger partial charge on any atom is -0.458 e. The second-order valence-corrected chi connectivity index (χ2v) is 6.34. The molecular weight excluding hydrogens is 312 g/mol. The summed E-state index contributed by atoms with van der Waals surface area (Å²) in [6, 6.07) is 0.176. The number of methoxy groups -OCH3 is 1. The van der Waals surface area contributed by atoms with Gasteiger partial charge in [0.2, 0.25) is 5.91 Å². The predicted molar refractivity (Wildman–Crippen MR) is 88.0 cm³/mol. The second kappa shape index (κ2) is 7.31. The van der Waals surface area contributed by atoms with Crippen LogP contribution in [0.2, 0.25) is 0 Å². The van der Waals surface area contributed by atoms with E-state index in [0.29, 0.717) is 42.9 Å². The minimum atomic E-state index is -0.204. The molecule has 1 amide bonds. The Morgan fingerprint density at radius 1 is 1.46 bits per heavy atom. The highest BCUT2D eigenvalue weighted by molar-refractivity contribution is 6.01. The Morgan fingerprint density at radius 3 is 3.00 bits per heavy atom. The van der Waals surface area contributed by atoms with E-state index in [1.807, 2.05) is 6.92 Å². The summed E-state index contributed by atoms with van der Waals surface area (Å²) in [7, 11) is 1.60. The molecule has 1 saturated heterocycles. The van der Waals surface area contributed by atoms with Crippen LogP contribution in [0.3, 0.4) is 0 Å². The molecule has 8 nitrogen and oxygen atoms in total. The van der Waals surface area contributed by atoms with Gasteiger partial charge < -0.3 is 19.9 Å². The third-order valence-electron chi connectivity index (χ3n) is 4.28. The molecule has 132 valence electrons. The quantitative estimate of drug-likeness (QED) is 0.819. The fourth-order valence-corrected chi connectivity index (χ4v) is 3.13. The van der Waals surface area contributed by atoms with E-state index in [1.54, 1.807) is 12.0 Å². The number of ether oxygens (including phenoxy) is 3. The van der Waals surface area contributed by atoms with E-state index in [4.69, 9.17) is 19.9 Å². The van der Waals surface area contributed by atoms with Crippen molar-refractivity contribution in [3.05, 3.63) is 5.56 Å². The number of nitrogens with two attached hydrogens (primary N) is 1. The zero-order valence-corrected chi connectivity index (χ0v) is 14.2. The number of carbonyl (C=O) groups excluding carboxylic acids is 1. The molecule has 24 heavy (non-hydrogen) atoms. The number of carbonyl (C=O) groups is 1. The maximum absolute atomic E-state index is 12.4. The molecule has 0 spiro atoms. The van der Waals surface area contributed by atoms with Gasteiger partial charge in [0.1, 0.15) is 17.7 Å². The predicted octanol–water partition coefficient (Wildman–Crippen LogP) is 0.788. The van der Waals surface area contributed by atoms with Crippen LogP contribution in [0.4, 0.5) is 11.6 Å². The molecule has 2 N–H and O–H groups in total. The SMILES string of the molecule is COCC(C)Oc1nc(N)c2c(n1)N(CC1CCCOC1)C(=O)C2. The first-order valence-electron chi connectivity index (χ1n) is 8.28. The third-order valence-corrected chi connectivity index (χ3v) is 4.28. The Balaban J connectivity index is 1.79. The summed E-state index contributed by atoms with van der Waals surface area (Å²) in [6.07, 6.45) is 2.11. The number of anilines is 2. The standard InChI is InChI=1S/C16H24N4O4/c1-10(8-22-2)24-16-18-14(17)12-6-13(21)20(15(12)19-16)7-11-4-3-5-23-9-11/h10-11H,3-9H2,1-2H3,(H2,17,18,19). The molecular formula is C16H24N4O4. The van der Waals surface area contributed by atoms with Gasteiger partial charge >= 0.3 is 6.01 Å². The molecule has 0 radical (unpaired) electrons. The Morgan fingerprint density at radius 2 is 2.29 bits per heavy atom. The second-order valence-electron chi connectivity index (χ2n) is 6.34. The van der Waals surface area contributed by atoms with Crippen molar-refractivity contribution >= 4 is 17.5 Å². The lowest BCUT2D eigenvalue weighted by Crippen LogP contribution is -2.36. The molecule has 8 heteroatoms. The number of fused-ring (bicyclic) bond motifs is 1. The first-order chi connectivity index (χ1) is 11.6. The summed E-state index contributed by atoms with van der Waals surface area (Å²) in [4.78, 5) is 22.7. The third kappa shape index (κ3) is 3.59. The van der Waals surface area contributed by atoms with Crippen molar-refractivity contribution in [1.29, 1.82) is 0 Å². The van der Waals surface area contributed by atoms with Crippen LogP contribution in [0, 0.1) is 5.92 Å². The number of hydrogen-bond donors (Lipinski definition) is 1. The first-order valence-corrected chi connectivity index (χ1v) is 8.28. The summed E-state index contributed by atoms with van der Waals surface area (Å²) in [5.41, 5.74) is 6.70. The summed E-state index contributed by atoms with van der Waals surface area (Å²) >= 11 is 0. The van der Waals surface area contributed by atoms with Gasteiger partial charge in [-0.2, -0.15) is 9.97 Å². The normalized spacial score (nSPS) is 21.7. The number of hydrogen-bond acceptors (Lipinski definition) is 7. The highest BCUT2D eigenvalue weighted by Crippen LogP contribution is 2.33. The van der Waals surface area contributed by atoms with Crippen molar-refractivity contribution in [3.63, 3.8) is 0 Å². The molecule has 2 aliphatic heterocycles. The molecule has 0 saturated carbocycles. The van der Waals surface area contributed by atoms with Crippen LogP contribution in [0.1, 0.15) is 25.3 Å². The van der Waals surface area contributed by atoms with Crippen molar-refractivity contribution < 1.29 is 19.0 Å². The van der Waals surface area contributed by atoms with Crippen molar-refractivity contribution in [2.45, 2.75) is 32.3 Å². The zero-order chi connectivity index (χ0) is 17.1. The fraction of sp³-hybridized carbons (Fsp3) is 0.688. The average Bonchev–Trinajstić information content (AvgIpc) is 2.86. The molecule has 3 rings (SSSR count). The molecule has 1 aromatic rings. The Labute approximate surface area is 141 Å². The van der Waals surface area contributed by atoms with Crippen LogP contribution in [0.5, 0.6) is 6.01 Å². The van der Waals surface area contributed by atoms with Gasteiger partial charge in [0.25, 0.3) is 0 Å². The van der Waals surface area contributed by atoms with E-state index in [-0.39, 0.29) is 24.4 Å². The van der Waals surface area contributed by atoms with Crippen molar-refractivity contribution in [2.75, 3.05) is 44.1 Å². The van der Waals surface area contributed by atoms with Gasteiger partial charge in [0.05, 0.1) is 19.6 Å². The van der Waals surface area contributed by atoms with E-state index >= 15 is 0 Å². The summed E-state index contributed by atoms with van der Waals surface area (Å²) in [5.74, 6) is 1.19. The Hall–Kier alpha value is -1.93. The monoisotopic (exact) mass is 336 g/mol. The van der Waals surface area contributed by atoms with Gasteiger partial charge in [-0.3, -0.25) is 9.69 Å². The maximum Gasteiger partial charge on any atom is 0.320 e. The van der Waals surface area contributed by atoms with Crippen LogP contribution in [-0.4, -0.2) is 55.5 Å². The molecule has 1 aromatic heterocycles. The van der Waals surface area contributed by atoms with Crippen LogP contribution >= 0.6 is 0 Å². The van der Waals surface area contributed by atoms with Gasteiger partial charge in [-0.15, -0.1) is 0 Å². The number of amides is 1. The molecule has 2 unspecified atom stereocenters. The minimum absolute atomic E-state index is 0.00124. The first kappa shape index (κ1) is 16.9. The van der Waals surface area contributed by atoms with E-state index < -0.39 is 0 Å². The van der Waals surface area contributed by atoms with Gasteiger partial charge in [-0.05, 0) is 19.8 Å². The average molecular weight is 336 g/mol. The fourth-order valence-electron chi connectivity index (χ4n) is 3.13. The maximum atomic E-state index is 12.4. The number of nitrogens with zero attached hydrogens (tertiary/aromatic N) is 3. The molecule has 3 heterocycles. The molecule has 0 aliphatic carbocycles.